The summed E-state index contributed by atoms with van der Waals surface area (Å²) in [5.41, 5.74) is 10.6. The Morgan fingerprint density at radius 3 is 0.852 bits per heavy atom. The van der Waals surface area contributed by atoms with Gasteiger partial charge in [0.15, 0.2) is 0 Å². The van der Waals surface area contributed by atoms with Crippen LogP contribution in [0.4, 0.5) is 0 Å². The molecule has 4 nitrogen and oxygen atoms in total. The van der Waals surface area contributed by atoms with E-state index in [0.717, 1.165) is 65.1 Å². The minimum absolute atomic E-state index is 0.957. The molecule has 54 heavy (non-hydrogen) atoms. The van der Waals surface area contributed by atoms with Crippen molar-refractivity contribution in [3.05, 3.63) is 155 Å². The van der Waals surface area contributed by atoms with Gasteiger partial charge in [0.2, 0.25) is 0 Å². The second-order valence-electron chi connectivity index (χ2n) is 13.8. The smallest absolute Gasteiger partial charge is 0.0904 e. The van der Waals surface area contributed by atoms with E-state index in [9.17, 15) is 0 Å². The van der Waals surface area contributed by atoms with Gasteiger partial charge in [-0.05, 0) is 106 Å². The van der Waals surface area contributed by atoms with Crippen LogP contribution < -0.4 is 0 Å². The summed E-state index contributed by atoms with van der Waals surface area (Å²) in [6.45, 7) is 8.26. The van der Waals surface area contributed by atoms with Crippen molar-refractivity contribution >= 4 is 65.8 Å². The number of thiazole rings is 2. The molecule has 6 heteroatoms. The van der Waals surface area contributed by atoms with Gasteiger partial charge in [-0.2, -0.15) is 0 Å². The number of aryl methyl sites for hydroxylation is 4. The quantitative estimate of drug-likeness (QED) is 0.165. The topological polar surface area (TPSA) is 51.6 Å². The second-order valence-corrected chi connectivity index (χ2v) is 16.2. The maximum Gasteiger partial charge on any atom is 0.0904 e. The molecule has 0 aliphatic rings. The molecule has 0 amide bonds. The highest BCUT2D eigenvalue weighted by molar-refractivity contribution is 7.15. The van der Waals surface area contributed by atoms with E-state index in [1.165, 1.54) is 54.2 Å². The fourth-order valence-corrected chi connectivity index (χ4v) is 10.1. The Hall–Kier alpha value is -6.08. The first kappa shape index (κ1) is 32.6. The standard InChI is InChI=1S/C48H34N4S2/c1-27-47(53-29(3)49-27)41-25-13-23-39(51-41)43-31-15-5-9-19-35(31)45(36-20-10-6-16-32(36)43)46-37-21-11-7-17-33(37)44(34-18-8-12-22-38(34)46)40-24-14-26-42(52-40)48-28(2)50-30(4)54-48/h5-26H,1-4H3. The van der Waals surface area contributed by atoms with Crippen molar-refractivity contribution in [3.8, 4) is 54.8 Å². The van der Waals surface area contributed by atoms with Crippen LogP contribution in [0.2, 0.25) is 0 Å². The highest BCUT2D eigenvalue weighted by atomic mass is 32.1. The Labute approximate surface area is 321 Å². The minimum Gasteiger partial charge on any atom is -0.247 e. The zero-order valence-corrected chi connectivity index (χ0v) is 31.9. The van der Waals surface area contributed by atoms with E-state index in [1.54, 1.807) is 22.7 Å². The third kappa shape index (κ3) is 5.17. The molecule has 10 aromatic rings. The van der Waals surface area contributed by atoms with Gasteiger partial charge in [-0.1, -0.05) is 109 Å². The number of nitrogens with zero attached hydrogens (tertiary/aromatic N) is 4. The van der Waals surface area contributed by atoms with Crippen molar-refractivity contribution in [2.45, 2.75) is 27.7 Å². The maximum atomic E-state index is 5.33. The van der Waals surface area contributed by atoms with Gasteiger partial charge in [0.25, 0.3) is 0 Å². The van der Waals surface area contributed by atoms with Gasteiger partial charge in [0, 0.05) is 11.1 Å². The van der Waals surface area contributed by atoms with Gasteiger partial charge in [-0.3, -0.25) is 0 Å². The first-order valence-electron chi connectivity index (χ1n) is 18.2. The summed E-state index contributed by atoms with van der Waals surface area (Å²) in [4.78, 5) is 22.3. The highest BCUT2D eigenvalue weighted by Crippen LogP contribution is 2.50. The molecule has 0 spiro atoms. The molecular weight excluding hydrogens is 697 g/mol. The SMILES string of the molecule is Cc1nc(C)c(-c2cccc(-c3c4ccccc4c(-c4c5ccccc5c(-c5cccc(-c6sc(C)nc6C)n5)c5ccccc45)c4ccccc34)n2)s1. The fourth-order valence-electron chi connectivity index (χ4n) is 8.29. The van der Waals surface area contributed by atoms with Crippen LogP contribution in [0, 0.1) is 27.7 Å². The van der Waals surface area contributed by atoms with E-state index in [1.807, 2.05) is 0 Å². The number of rotatable bonds is 5. The minimum atomic E-state index is 0.957. The molecule has 0 atom stereocenters. The zero-order valence-electron chi connectivity index (χ0n) is 30.3. The van der Waals surface area contributed by atoms with E-state index < -0.39 is 0 Å². The molecule has 0 aliphatic heterocycles. The highest BCUT2D eigenvalue weighted by Gasteiger charge is 2.23. The van der Waals surface area contributed by atoms with Gasteiger partial charge in [0.05, 0.1) is 53.9 Å². The Balaban J connectivity index is 1.28. The molecule has 4 heterocycles. The summed E-state index contributed by atoms with van der Waals surface area (Å²) in [7, 11) is 0. The molecule has 4 aromatic heterocycles. The normalized spacial score (nSPS) is 11.7. The number of pyridine rings is 2. The van der Waals surface area contributed by atoms with E-state index in [0.29, 0.717) is 0 Å². The lowest BCUT2D eigenvalue weighted by Gasteiger charge is -2.22. The van der Waals surface area contributed by atoms with Crippen LogP contribution in [0.15, 0.2) is 133 Å². The number of aromatic nitrogens is 4. The van der Waals surface area contributed by atoms with E-state index in [2.05, 4.69) is 161 Å². The summed E-state index contributed by atoms with van der Waals surface area (Å²) in [6, 6.07) is 48.2. The van der Waals surface area contributed by atoms with Crippen LogP contribution in [0.5, 0.6) is 0 Å². The summed E-state index contributed by atoms with van der Waals surface area (Å²) in [5.74, 6) is 0. The molecule has 0 saturated heterocycles. The van der Waals surface area contributed by atoms with Crippen LogP contribution in [-0.2, 0) is 0 Å². The van der Waals surface area contributed by atoms with E-state index in [4.69, 9.17) is 19.9 Å². The van der Waals surface area contributed by atoms with Crippen molar-refractivity contribution < 1.29 is 0 Å². The Kier molecular flexibility index (Phi) is 7.72. The van der Waals surface area contributed by atoms with Crippen molar-refractivity contribution in [3.63, 3.8) is 0 Å². The molecule has 0 N–H and O–H groups in total. The molecule has 0 bridgehead atoms. The van der Waals surface area contributed by atoms with Crippen molar-refractivity contribution in [1.82, 2.24) is 19.9 Å². The number of hydrogen-bond acceptors (Lipinski definition) is 6. The molecule has 0 aliphatic carbocycles. The summed E-state index contributed by atoms with van der Waals surface area (Å²) < 4.78 is 0. The van der Waals surface area contributed by atoms with Gasteiger partial charge in [-0.25, -0.2) is 19.9 Å². The molecule has 10 rings (SSSR count). The van der Waals surface area contributed by atoms with E-state index in [-0.39, 0.29) is 0 Å². The Bertz CT molecular complexity index is 2790. The fraction of sp³-hybridized carbons (Fsp3) is 0.0833. The van der Waals surface area contributed by atoms with Crippen molar-refractivity contribution in [2.24, 2.45) is 0 Å². The largest absolute Gasteiger partial charge is 0.247 e. The first-order chi connectivity index (χ1) is 26.4. The summed E-state index contributed by atoms with van der Waals surface area (Å²) >= 11 is 3.40. The van der Waals surface area contributed by atoms with Crippen LogP contribution in [0.25, 0.3) is 97.9 Å². The average Bonchev–Trinajstić information content (AvgIpc) is 3.73. The maximum absolute atomic E-state index is 5.33. The number of benzene rings is 6. The predicted molar refractivity (Wildman–Crippen MR) is 230 cm³/mol. The van der Waals surface area contributed by atoms with Crippen molar-refractivity contribution in [1.29, 1.82) is 0 Å². The number of hydrogen-bond donors (Lipinski definition) is 0. The van der Waals surface area contributed by atoms with Crippen LogP contribution in [0.3, 0.4) is 0 Å². The molecular formula is C48H34N4S2. The lowest BCUT2D eigenvalue weighted by Crippen LogP contribution is -1.96. The van der Waals surface area contributed by atoms with E-state index >= 15 is 0 Å². The first-order valence-corrected chi connectivity index (χ1v) is 19.8. The Morgan fingerprint density at radius 2 is 0.574 bits per heavy atom. The van der Waals surface area contributed by atoms with Crippen LogP contribution >= 0.6 is 22.7 Å². The van der Waals surface area contributed by atoms with Crippen molar-refractivity contribution in [2.75, 3.05) is 0 Å². The third-order valence-electron chi connectivity index (χ3n) is 10.4. The molecule has 0 radical (unpaired) electrons. The molecule has 0 unspecified atom stereocenters. The Morgan fingerprint density at radius 1 is 0.296 bits per heavy atom. The monoisotopic (exact) mass is 730 g/mol. The lowest BCUT2D eigenvalue weighted by molar-refractivity contribution is 1.19. The molecule has 0 fully saturated rings. The van der Waals surface area contributed by atoms with Crippen LogP contribution in [-0.4, -0.2) is 19.9 Å². The second kappa shape index (κ2) is 12.8. The van der Waals surface area contributed by atoms with Gasteiger partial charge in [0.1, 0.15) is 0 Å². The zero-order chi connectivity index (χ0) is 36.5. The van der Waals surface area contributed by atoms with Gasteiger partial charge < -0.3 is 0 Å². The lowest BCUT2D eigenvalue weighted by atomic mass is 9.82. The third-order valence-corrected chi connectivity index (χ3v) is 12.6. The molecule has 258 valence electrons. The summed E-state index contributed by atoms with van der Waals surface area (Å²) in [5, 5.41) is 11.6. The predicted octanol–water partition coefficient (Wildman–Crippen LogP) is 13.6. The van der Waals surface area contributed by atoms with Gasteiger partial charge >= 0.3 is 0 Å². The number of fused-ring (bicyclic) bond motifs is 4. The van der Waals surface area contributed by atoms with Crippen LogP contribution in [0.1, 0.15) is 21.4 Å². The molecule has 6 aromatic carbocycles. The summed E-state index contributed by atoms with van der Waals surface area (Å²) in [6.07, 6.45) is 0. The van der Waals surface area contributed by atoms with Gasteiger partial charge in [-0.15, -0.1) is 22.7 Å². The average molecular weight is 731 g/mol. The molecule has 0 saturated carbocycles.